The fourth-order valence-corrected chi connectivity index (χ4v) is 2.75. The van der Waals surface area contributed by atoms with Crippen LogP contribution in [0.4, 0.5) is 0 Å². The van der Waals surface area contributed by atoms with Gasteiger partial charge in [0.05, 0.1) is 0 Å². The van der Waals surface area contributed by atoms with E-state index in [4.69, 9.17) is 0 Å². The van der Waals surface area contributed by atoms with Crippen LogP contribution in [-0.2, 0) is 4.79 Å². The van der Waals surface area contributed by atoms with E-state index in [1.165, 1.54) is 23.3 Å². The zero-order valence-electron chi connectivity index (χ0n) is 11.0. The molecule has 0 aliphatic heterocycles. The van der Waals surface area contributed by atoms with Gasteiger partial charge in [-0.25, -0.2) is 0 Å². The van der Waals surface area contributed by atoms with Crippen molar-refractivity contribution in [2.75, 3.05) is 0 Å². The molecule has 1 heterocycles. The van der Waals surface area contributed by atoms with E-state index in [1.54, 1.807) is 10.8 Å². The van der Waals surface area contributed by atoms with Crippen LogP contribution in [0.3, 0.4) is 0 Å². The van der Waals surface area contributed by atoms with Gasteiger partial charge in [0.2, 0.25) is 0 Å². The first kappa shape index (κ1) is 12.7. The van der Waals surface area contributed by atoms with Gasteiger partial charge in [-0.15, -0.1) is 0 Å². The molecule has 1 N–H and O–H groups in total. The summed E-state index contributed by atoms with van der Waals surface area (Å²) in [6.45, 7) is 0. The summed E-state index contributed by atoms with van der Waals surface area (Å²) in [5, 5.41) is 9.30. The van der Waals surface area contributed by atoms with E-state index in [1.807, 2.05) is 12.2 Å². The van der Waals surface area contributed by atoms with Crippen LogP contribution >= 0.6 is 0 Å². The molecule has 1 aromatic rings. The molecule has 0 atom stereocenters. The Labute approximate surface area is 116 Å². The minimum atomic E-state index is -0.222. The lowest BCUT2D eigenvalue weighted by Gasteiger charge is -2.23. The van der Waals surface area contributed by atoms with Gasteiger partial charge in [0, 0.05) is 18.0 Å². The van der Waals surface area contributed by atoms with Crippen LogP contribution < -0.4 is 5.56 Å². The summed E-state index contributed by atoms with van der Waals surface area (Å²) in [6.07, 6.45) is 9.73. The molecule has 2 aliphatic carbocycles. The molecule has 4 nitrogen and oxygen atoms in total. The number of hydrogen-bond acceptors (Lipinski definition) is 3. The number of rotatable bonds is 2. The van der Waals surface area contributed by atoms with E-state index in [0.717, 1.165) is 43.2 Å². The van der Waals surface area contributed by atoms with Crippen molar-refractivity contribution >= 4 is 12.0 Å². The molecule has 0 unspecified atom stereocenters. The molecule has 0 aromatic carbocycles. The van der Waals surface area contributed by atoms with Gasteiger partial charge >= 0.3 is 0 Å². The quantitative estimate of drug-likeness (QED) is 0.839. The van der Waals surface area contributed by atoms with Crippen molar-refractivity contribution in [3.05, 3.63) is 57.6 Å². The lowest BCUT2D eigenvalue weighted by Crippen LogP contribution is -2.19. The van der Waals surface area contributed by atoms with Crippen LogP contribution in [0.5, 0.6) is 5.75 Å². The molecule has 20 heavy (non-hydrogen) atoms. The van der Waals surface area contributed by atoms with Crippen LogP contribution in [-0.4, -0.2) is 16.0 Å². The maximum absolute atomic E-state index is 11.9. The van der Waals surface area contributed by atoms with Crippen molar-refractivity contribution in [3.8, 4) is 5.75 Å². The fourth-order valence-electron chi connectivity index (χ4n) is 2.75. The Morgan fingerprint density at radius 2 is 1.85 bits per heavy atom. The number of carbonyl (C=O) groups is 1. The molecule has 0 saturated heterocycles. The maximum Gasteiger partial charge on any atom is 0.258 e. The van der Waals surface area contributed by atoms with E-state index >= 15 is 0 Å². The number of aromatic nitrogens is 1. The number of nitrogens with zero attached hydrogens (tertiary/aromatic N) is 1. The number of aromatic hydroxyl groups is 1. The molecule has 0 bridgehead atoms. The Morgan fingerprint density at radius 1 is 1.10 bits per heavy atom. The van der Waals surface area contributed by atoms with Crippen molar-refractivity contribution in [1.29, 1.82) is 0 Å². The third-order valence-electron chi connectivity index (χ3n) is 3.81. The van der Waals surface area contributed by atoms with Gasteiger partial charge in [0.1, 0.15) is 12.0 Å². The van der Waals surface area contributed by atoms with Gasteiger partial charge in [-0.1, -0.05) is 6.08 Å². The summed E-state index contributed by atoms with van der Waals surface area (Å²) >= 11 is 0. The highest BCUT2D eigenvalue weighted by Gasteiger charge is 2.18. The molecule has 4 heteroatoms. The number of hydrogen-bond donors (Lipinski definition) is 1. The van der Waals surface area contributed by atoms with Crippen LogP contribution in [0.15, 0.2) is 52.0 Å². The predicted molar refractivity (Wildman–Crippen MR) is 76.3 cm³/mol. The molecule has 3 rings (SSSR count). The molecule has 0 radical (unpaired) electrons. The highest BCUT2D eigenvalue weighted by Crippen LogP contribution is 2.34. The smallest absolute Gasteiger partial charge is 0.258 e. The normalized spacial score (nSPS) is 18.2. The number of pyridine rings is 1. The lowest BCUT2D eigenvalue weighted by atomic mass is 9.86. The van der Waals surface area contributed by atoms with Gasteiger partial charge in [0.25, 0.3) is 5.56 Å². The first-order valence-electron chi connectivity index (χ1n) is 6.68. The lowest BCUT2D eigenvalue weighted by molar-refractivity contribution is -0.105. The number of carbonyl (C=O) groups excluding carboxylic acids is 1. The summed E-state index contributed by atoms with van der Waals surface area (Å²) in [4.78, 5) is 22.7. The molecule has 1 aromatic heterocycles. The van der Waals surface area contributed by atoms with E-state index in [0.29, 0.717) is 0 Å². The van der Waals surface area contributed by atoms with Crippen molar-refractivity contribution in [3.63, 3.8) is 0 Å². The highest BCUT2D eigenvalue weighted by atomic mass is 16.3. The summed E-state index contributed by atoms with van der Waals surface area (Å²) in [5.41, 5.74) is 3.98. The molecule has 2 aliphatic rings. The van der Waals surface area contributed by atoms with E-state index in [2.05, 4.69) is 0 Å². The third-order valence-corrected chi connectivity index (χ3v) is 3.81. The Hall–Kier alpha value is -2.36. The summed E-state index contributed by atoms with van der Waals surface area (Å²) in [5.74, 6) is -0.0150. The van der Waals surface area contributed by atoms with Gasteiger partial charge in [-0.05, 0) is 54.5 Å². The number of aldehydes is 1. The second-order valence-electron chi connectivity index (χ2n) is 5.12. The van der Waals surface area contributed by atoms with Crippen molar-refractivity contribution < 1.29 is 9.90 Å². The molecule has 102 valence electrons. The fraction of sp³-hybridized carbons (Fsp3) is 0.250. The van der Waals surface area contributed by atoms with Gasteiger partial charge in [-0.2, -0.15) is 0 Å². The van der Waals surface area contributed by atoms with E-state index < -0.39 is 0 Å². The van der Waals surface area contributed by atoms with Crippen LogP contribution in [0, 0.1) is 0 Å². The van der Waals surface area contributed by atoms with Gasteiger partial charge in [0.15, 0.2) is 0 Å². The third kappa shape index (κ3) is 2.25. The molecule has 0 amide bonds. The Balaban J connectivity index is 2.00. The Kier molecular flexibility index (Phi) is 3.14. The first-order chi connectivity index (χ1) is 9.67. The van der Waals surface area contributed by atoms with Crippen molar-refractivity contribution in [2.45, 2.75) is 25.7 Å². The number of allylic oxidation sites excluding steroid dienone is 6. The molecule has 0 fully saturated rings. The van der Waals surface area contributed by atoms with Crippen LogP contribution in [0.25, 0.3) is 5.70 Å². The molecule has 0 saturated carbocycles. The van der Waals surface area contributed by atoms with Crippen molar-refractivity contribution in [1.82, 2.24) is 4.57 Å². The SMILES string of the molecule is O=CC1=CC2=C(C=C(n3ccc(O)cc3=O)CC2)CC1. The topological polar surface area (TPSA) is 59.3 Å². The van der Waals surface area contributed by atoms with Crippen LogP contribution in [0.1, 0.15) is 25.7 Å². The van der Waals surface area contributed by atoms with E-state index in [-0.39, 0.29) is 11.3 Å². The Morgan fingerprint density at radius 3 is 2.60 bits per heavy atom. The average Bonchev–Trinajstić information content (AvgIpc) is 2.46. The average molecular weight is 269 g/mol. The van der Waals surface area contributed by atoms with Gasteiger partial charge < -0.3 is 5.11 Å². The monoisotopic (exact) mass is 269 g/mol. The standard InChI is InChI=1S/C16H15NO3/c18-10-11-1-2-13-8-14(4-3-12(13)7-11)17-6-5-15(19)9-16(17)20/h5-10,19H,1-4H2. The molecular formula is C16H15NO3. The largest absolute Gasteiger partial charge is 0.508 e. The highest BCUT2D eigenvalue weighted by molar-refractivity contribution is 5.76. The van der Waals surface area contributed by atoms with Crippen molar-refractivity contribution in [2.24, 2.45) is 0 Å². The zero-order valence-corrected chi connectivity index (χ0v) is 11.0. The van der Waals surface area contributed by atoms with Crippen LogP contribution in [0.2, 0.25) is 0 Å². The maximum atomic E-state index is 11.9. The summed E-state index contributed by atoms with van der Waals surface area (Å²) in [6, 6.07) is 2.73. The minimum Gasteiger partial charge on any atom is -0.508 e. The predicted octanol–water partition coefficient (Wildman–Crippen LogP) is 2.40. The van der Waals surface area contributed by atoms with Gasteiger partial charge in [-0.3, -0.25) is 14.2 Å². The second kappa shape index (κ2) is 4.96. The van der Waals surface area contributed by atoms with E-state index in [9.17, 15) is 14.7 Å². The zero-order chi connectivity index (χ0) is 14.1. The summed E-state index contributed by atoms with van der Waals surface area (Å²) < 4.78 is 1.57. The molecule has 0 spiro atoms. The summed E-state index contributed by atoms with van der Waals surface area (Å²) in [7, 11) is 0. The second-order valence-corrected chi connectivity index (χ2v) is 5.12. The molecular weight excluding hydrogens is 254 g/mol. The minimum absolute atomic E-state index is 0.0150. The Bertz CT molecular complexity index is 719. The first-order valence-corrected chi connectivity index (χ1v) is 6.68.